The Hall–Kier alpha value is -2.82. The molecule has 1 heterocycles. The van der Waals surface area contributed by atoms with Gasteiger partial charge in [-0.25, -0.2) is 4.79 Å². The van der Waals surface area contributed by atoms with Crippen LogP contribution in [0.4, 0.5) is 0 Å². The molecule has 0 atom stereocenters. The number of benzene rings is 2. The number of Topliss-reactive ketones (excluding diaryl/α,β-unsaturated/α-hetero) is 1. The van der Waals surface area contributed by atoms with Crippen LogP contribution in [0.2, 0.25) is 0 Å². The fourth-order valence-electron chi connectivity index (χ4n) is 2.63. The van der Waals surface area contributed by atoms with E-state index < -0.39 is 5.97 Å². The number of carbonyl (C=O) groups excluding carboxylic acids is 1. The third-order valence-corrected chi connectivity index (χ3v) is 3.71. The zero-order chi connectivity index (χ0) is 16.4. The molecule has 0 radical (unpaired) electrons. The van der Waals surface area contributed by atoms with Crippen LogP contribution >= 0.6 is 0 Å². The first kappa shape index (κ1) is 15.1. The first-order valence-corrected chi connectivity index (χ1v) is 7.35. The molecule has 0 spiro atoms. The molecule has 0 saturated heterocycles. The van der Waals surface area contributed by atoms with Crippen molar-refractivity contribution in [3.63, 3.8) is 0 Å². The van der Waals surface area contributed by atoms with Crippen LogP contribution in [-0.2, 0) is 0 Å². The highest BCUT2D eigenvalue weighted by Crippen LogP contribution is 2.38. The predicted octanol–water partition coefficient (Wildman–Crippen LogP) is 3.42. The summed E-state index contributed by atoms with van der Waals surface area (Å²) in [7, 11) is 0. The van der Waals surface area contributed by atoms with E-state index in [1.807, 2.05) is 0 Å². The van der Waals surface area contributed by atoms with Crippen LogP contribution in [0.15, 0.2) is 36.4 Å². The standard InChI is InChI=1S/C18H16O5/c1-11(19)14-9-16-17(23-8-4-7-22-16)10-15(14)12-5-2-3-6-13(12)18(20)21/h2-3,5-6,9-10H,4,7-8H2,1H3,(H,20,21). The molecule has 1 aliphatic heterocycles. The van der Waals surface area contributed by atoms with Gasteiger partial charge < -0.3 is 14.6 Å². The lowest BCUT2D eigenvalue weighted by atomic mass is 9.93. The highest BCUT2D eigenvalue weighted by atomic mass is 16.5. The van der Waals surface area contributed by atoms with Crippen LogP contribution in [0.3, 0.4) is 0 Å². The molecule has 3 rings (SSSR count). The van der Waals surface area contributed by atoms with Crippen molar-refractivity contribution in [3.05, 3.63) is 47.5 Å². The normalized spacial score (nSPS) is 13.3. The van der Waals surface area contributed by atoms with Crippen molar-refractivity contribution in [1.82, 2.24) is 0 Å². The molecule has 1 N–H and O–H groups in total. The molecule has 0 amide bonds. The van der Waals surface area contributed by atoms with Crippen LogP contribution in [0.1, 0.15) is 34.1 Å². The maximum Gasteiger partial charge on any atom is 0.336 e. The number of ketones is 1. The molecule has 5 heteroatoms. The second kappa shape index (κ2) is 6.12. The van der Waals surface area contributed by atoms with Gasteiger partial charge in [0.05, 0.1) is 18.8 Å². The fraction of sp³-hybridized carbons (Fsp3) is 0.222. The molecular weight excluding hydrogens is 296 g/mol. The third kappa shape index (κ3) is 2.90. The van der Waals surface area contributed by atoms with Gasteiger partial charge in [0.1, 0.15) is 0 Å². The minimum absolute atomic E-state index is 0.143. The van der Waals surface area contributed by atoms with Crippen molar-refractivity contribution < 1.29 is 24.2 Å². The van der Waals surface area contributed by atoms with Crippen LogP contribution < -0.4 is 9.47 Å². The molecule has 0 unspecified atom stereocenters. The second-order valence-electron chi connectivity index (χ2n) is 5.30. The van der Waals surface area contributed by atoms with Gasteiger partial charge in [-0.2, -0.15) is 0 Å². The highest BCUT2D eigenvalue weighted by Gasteiger charge is 2.21. The summed E-state index contributed by atoms with van der Waals surface area (Å²) >= 11 is 0. The van der Waals surface area contributed by atoms with Crippen LogP contribution in [0, 0.1) is 0 Å². The Morgan fingerprint density at radius 1 is 0.957 bits per heavy atom. The Morgan fingerprint density at radius 2 is 1.61 bits per heavy atom. The van der Waals surface area contributed by atoms with Gasteiger partial charge in [-0.05, 0) is 36.2 Å². The van der Waals surface area contributed by atoms with Crippen molar-refractivity contribution >= 4 is 11.8 Å². The van der Waals surface area contributed by atoms with Gasteiger partial charge in [-0.15, -0.1) is 0 Å². The molecule has 2 aromatic carbocycles. The smallest absolute Gasteiger partial charge is 0.336 e. The molecule has 23 heavy (non-hydrogen) atoms. The lowest BCUT2D eigenvalue weighted by Gasteiger charge is -2.15. The first-order chi connectivity index (χ1) is 11.1. The second-order valence-corrected chi connectivity index (χ2v) is 5.30. The molecule has 0 bridgehead atoms. The summed E-state index contributed by atoms with van der Waals surface area (Å²) in [6.07, 6.45) is 0.755. The molecule has 0 aromatic heterocycles. The predicted molar refractivity (Wildman–Crippen MR) is 84.4 cm³/mol. The maximum atomic E-state index is 12.0. The van der Waals surface area contributed by atoms with Crippen molar-refractivity contribution in [2.45, 2.75) is 13.3 Å². The number of hydrogen-bond donors (Lipinski definition) is 1. The molecule has 1 aliphatic rings. The molecule has 0 fully saturated rings. The maximum absolute atomic E-state index is 12.0. The Morgan fingerprint density at radius 3 is 2.26 bits per heavy atom. The zero-order valence-electron chi connectivity index (χ0n) is 12.7. The summed E-state index contributed by atoms with van der Waals surface area (Å²) < 4.78 is 11.3. The molecule has 2 aromatic rings. The zero-order valence-corrected chi connectivity index (χ0v) is 12.7. The molecule has 0 aliphatic carbocycles. The monoisotopic (exact) mass is 312 g/mol. The Balaban J connectivity index is 2.24. The van der Waals surface area contributed by atoms with Gasteiger partial charge in [0.2, 0.25) is 0 Å². The molecular formula is C18H16O5. The van der Waals surface area contributed by atoms with Gasteiger partial charge in [-0.3, -0.25) is 4.79 Å². The van der Waals surface area contributed by atoms with Crippen molar-refractivity contribution in [1.29, 1.82) is 0 Å². The van der Waals surface area contributed by atoms with Crippen LogP contribution in [0.5, 0.6) is 11.5 Å². The SMILES string of the molecule is CC(=O)c1cc2c(cc1-c1ccccc1C(=O)O)OCCCO2. The number of carboxylic acid groups (broad SMARTS) is 1. The van der Waals surface area contributed by atoms with E-state index >= 15 is 0 Å². The fourth-order valence-corrected chi connectivity index (χ4v) is 2.63. The van der Waals surface area contributed by atoms with E-state index in [4.69, 9.17) is 9.47 Å². The van der Waals surface area contributed by atoms with E-state index in [2.05, 4.69) is 0 Å². The summed E-state index contributed by atoms with van der Waals surface area (Å²) in [4.78, 5) is 23.5. The first-order valence-electron chi connectivity index (χ1n) is 7.35. The molecule has 5 nitrogen and oxygen atoms in total. The Bertz CT molecular complexity index is 779. The lowest BCUT2D eigenvalue weighted by molar-refractivity contribution is 0.0697. The van der Waals surface area contributed by atoms with Gasteiger partial charge in [0.15, 0.2) is 17.3 Å². The Labute approximate surface area is 133 Å². The number of ether oxygens (including phenoxy) is 2. The van der Waals surface area contributed by atoms with Crippen molar-refractivity contribution in [2.24, 2.45) is 0 Å². The van der Waals surface area contributed by atoms with Crippen LogP contribution in [-0.4, -0.2) is 30.1 Å². The van der Waals surface area contributed by atoms with Crippen LogP contribution in [0.25, 0.3) is 11.1 Å². The summed E-state index contributed by atoms with van der Waals surface area (Å²) in [6.45, 7) is 2.49. The van der Waals surface area contributed by atoms with E-state index in [0.29, 0.717) is 41.4 Å². The highest BCUT2D eigenvalue weighted by molar-refractivity contribution is 6.05. The number of rotatable bonds is 3. The number of hydrogen-bond acceptors (Lipinski definition) is 4. The van der Waals surface area contributed by atoms with E-state index in [9.17, 15) is 14.7 Å². The molecule has 0 saturated carbocycles. The number of carbonyl (C=O) groups is 2. The van der Waals surface area contributed by atoms with Crippen molar-refractivity contribution in [2.75, 3.05) is 13.2 Å². The summed E-state index contributed by atoms with van der Waals surface area (Å²) in [5.74, 6) is -0.148. The summed E-state index contributed by atoms with van der Waals surface area (Å²) in [5, 5.41) is 9.40. The number of fused-ring (bicyclic) bond motifs is 1. The van der Waals surface area contributed by atoms with Gasteiger partial charge in [0, 0.05) is 12.0 Å². The van der Waals surface area contributed by atoms with E-state index in [-0.39, 0.29) is 11.3 Å². The quantitative estimate of drug-likeness (QED) is 0.879. The third-order valence-electron chi connectivity index (χ3n) is 3.71. The minimum Gasteiger partial charge on any atom is -0.490 e. The molecule has 118 valence electrons. The van der Waals surface area contributed by atoms with E-state index in [1.165, 1.54) is 13.0 Å². The van der Waals surface area contributed by atoms with E-state index in [0.717, 1.165) is 6.42 Å². The number of aromatic carboxylic acids is 1. The largest absolute Gasteiger partial charge is 0.490 e. The van der Waals surface area contributed by atoms with Gasteiger partial charge in [0.25, 0.3) is 0 Å². The minimum atomic E-state index is -1.04. The average molecular weight is 312 g/mol. The van der Waals surface area contributed by atoms with E-state index in [1.54, 1.807) is 30.3 Å². The van der Waals surface area contributed by atoms with Gasteiger partial charge >= 0.3 is 5.97 Å². The summed E-state index contributed by atoms with van der Waals surface area (Å²) in [6, 6.07) is 9.94. The van der Waals surface area contributed by atoms with Gasteiger partial charge in [-0.1, -0.05) is 18.2 Å². The average Bonchev–Trinajstić information content (AvgIpc) is 2.78. The topological polar surface area (TPSA) is 72.8 Å². The summed E-state index contributed by atoms with van der Waals surface area (Å²) in [5.41, 5.74) is 1.59. The lowest BCUT2D eigenvalue weighted by Crippen LogP contribution is -2.04. The van der Waals surface area contributed by atoms with Crippen molar-refractivity contribution in [3.8, 4) is 22.6 Å². The number of carboxylic acids is 1. The Kier molecular flexibility index (Phi) is 4.02.